The Morgan fingerprint density at radius 1 is 1.15 bits per heavy atom. The lowest BCUT2D eigenvalue weighted by atomic mass is 9.89. The molecular weight excluding hydrogens is 424 g/mol. The van der Waals surface area contributed by atoms with E-state index >= 15 is 0 Å². The smallest absolute Gasteiger partial charge is 0.253 e. The fourth-order valence-electron chi connectivity index (χ4n) is 5.58. The highest BCUT2D eigenvalue weighted by Crippen LogP contribution is 2.31. The van der Waals surface area contributed by atoms with Crippen LogP contribution in [0.1, 0.15) is 81.1 Å². The Morgan fingerprint density at radius 3 is 2.71 bits per heavy atom. The van der Waals surface area contributed by atoms with Gasteiger partial charge in [0.05, 0.1) is 17.4 Å². The Labute approximate surface area is 203 Å². The quantitative estimate of drug-likeness (QED) is 0.650. The van der Waals surface area contributed by atoms with Gasteiger partial charge in [-0.2, -0.15) is 0 Å². The van der Waals surface area contributed by atoms with Crippen LogP contribution in [0.4, 0.5) is 5.69 Å². The summed E-state index contributed by atoms with van der Waals surface area (Å²) in [4.78, 5) is 33.0. The molecule has 3 N–H and O–H groups in total. The van der Waals surface area contributed by atoms with Crippen LogP contribution in [-0.4, -0.2) is 41.8 Å². The van der Waals surface area contributed by atoms with Crippen molar-refractivity contribution in [1.82, 2.24) is 10.3 Å². The zero-order valence-corrected chi connectivity index (χ0v) is 20.6. The zero-order chi connectivity index (χ0) is 24.1. The highest BCUT2D eigenvalue weighted by molar-refractivity contribution is 6.02. The third kappa shape index (κ3) is 5.49. The van der Waals surface area contributed by atoms with E-state index in [9.17, 15) is 9.59 Å². The first-order valence-electron chi connectivity index (χ1n) is 12.8. The van der Waals surface area contributed by atoms with E-state index in [1.165, 1.54) is 0 Å². The summed E-state index contributed by atoms with van der Waals surface area (Å²) in [6, 6.07) is 0.708. The van der Waals surface area contributed by atoms with Crippen molar-refractivity contribution < 1.29 is 9.59 Å². The number of pyridine rings is 1. The van der Waals surface area contributed by atoms with E-state index in [0.717, 1.165) is 79.5 Å². The largest absolute Gasteiger partial charge is 0.367 e. The van der Waals surface area contributed by atoms with Crippen molar-refractivity contribution in [2.45, 2.75) is 83.7 Å². The van der Waals surface area contributed by atoms with Crippen molar-refractivity contribution in [3.8, 4) is 0 Å². The molecule has 0 bridgehead atoms. The number of rotatable bonds is 3. The van der Waals surface area contributed by atoms with Gasteiger partial charge in [0.25, 0.3) is 5.91 Å². The number of aromatic nitrogens is 1. The fourth-order valence-corrected chi connectivity index (χ4v) is 5.58. The third-order valence-electron chi connectivity index (χ3n) is 7.43. The second-order valence-electron chi connectivity index (χ2n) is 9.88. The van der Waals surface area contributed by atoms with Crippen LogP contribution in [0.2, 0.25) is 0 Å². The molecule has 6 heteroatoms. The molecule has 0 aromatic carbocycles. The lowest BCUT2D eigenvalue weighted by Gasteiger charge is -2.38. The molecule has 0 saturated heterocycles. The minimum Gasteiger partial charge on any atom is -0.367 e. The van der Waals surface area contributed by atoms with Crippen LogP contribution < -0.4 is 16.0 Å². The van der Waals surface area contributed by atoms with Crippen LogP contribution in [0.5, 0.6) is 0 Å². The molecule has 4 rings (SSSR count). The van der Waals surface area contributed by atoms with Gasteiger partial charge < -0.3 is 16.0 Å². The molecule has 1 amide bonds. The monoisotopic (exact) mass is 462 g/mol. The maximum Gasteiger partial charge on any atom is 0.253 e. The van der Waals surface area contributed by atoms with Crippen LogP contribution in [0.3, 0.4) is 0 Å². The van der Waals surface area contributed by atoms with E-state index in [0.29, 0.717) is 30.5 Å². The van der Waals surface area contributed by atoms with Crippen LogP contribution >= 0.6 is 0 Å². The molecule has 0 spiro atoms. The predicted octanol–water partition coefficient (Wildman–Crippen LogP) is 4.41. The van der Waals surface area contributed by atoms with E-state index < -0.39 is 0 Å². The average Bonchev–Trinajstić information content (AvgIpc) is 2.83. The molecule has 2 aliphatic carbocycles. The first-order chi connectivity index (χ1) is 16.5. The predicted molar refractivity (Wildman–Crippen MR) is 137 cm³/mol. The minimum atomic E-state index is -0.162. The van der Waals surface area contributed by atoms with Crippen LogP contribution in [0.25, 0.3) is 0 Å². The Morgan fingerprint density at radius 2 is 1.94 bits per heavy atom. The zero-order valence-electron chi connectivity index (χ0n) is 20.6. The van der Waals surface area contributed by atoms with E-state index in [2.05, 4.69) is 40.4 Å². The van der Waals surface area contributed by atoms with Gasteiger partial charge in [-0.15, -0.1) is 0 Å². The van der Waals surface area contributed by atoms with Crippen molar-refractivity contribution >= 4 is 17.4 Å². The van der Waals surface area contributed by atoms with Crippen LogP contribution in [-0.2, 0) is 11.2 Å². The summed E-state index contributed by atoms with van der Waals surface area (Å²) in [5.74, 6) is -0.0369. The Bertz CT molecular complexity index is 1020. The maximum atomic E-state index is 13.4. The second-order valence-corrected chi connectivity index (χ2v) is 9.88. The number of nitrogens with zero attached hydrogens (tertiary/aromatic N) is 2. The third-order valence-corrected chi connectivity index (χ3v) is 7.43. The van der Waals surface area contributed by atoms with Crippen molar-refractivity contribution in [3.05, 3.63) is 58.5 Å². The number of nitrogens with two attached hydrogens (primary N) is 1. The van der Waals surface area contributed by atoms with Gasteiger partial charge in [-0.1, -0.05) is 23.8 Å². The molecule has 2 heterocycles. The molecule has 1 saturated carbocycles. The van der Waals surface area contributed by atoms with Crippen molar-refractivity contribution in [3.63, 3.8) is 0 Å². The Balaban J connectivity index is 1.67. The number of amides is 1. The van der Waals surface area contributed by atoms with Gasteiger partial charge in [-0.05, 0) is 76.4 Å². The summed E-state index contributed by atoms with van der Waals surface area (Å²) in [7, 11) is 0. The van der Waals surface area contributed by atoms with Gasteiger partial charge in [0, 0.05) is 43.4 Å². The lowest BCUT2D eigenvalue weighted by molar-refractivity contribution is -0.115. The summed E-state index contributed by atoms with van der Waals surface area (Å²) in [6.07, 6.45) is 18.2. The summed E-state index contributed by atoms with van der Waals surface area (Å²) in [5.41, 5.74) is 11.7. The van der Waals surface area contributed by atoms with Gasteiger partial charge in [-0.25, -0.2) is 0 Å². The number of anilines is 1. The number of fused-ring (bicyclic) bond motifs is 1. The Kier molecular flexibility index (Phi) is 7.99. The number of ketones is 1. The van der Waals surface area contributed by atoms with Crippen molar-refractivity contribution in [2.75, 3.05) is 18.0 Å². The Hall–Kier alpha value is -2.73. The van der Waals surface area contributed by atoms with E-state index in [1.54, 1.807) is 6.20 Å². The van der Waals surface area contributed by atoms with Crippen molar-refractivity contribution in [2.24, 2.45) is 5.73 Å². The number of hydrogen-bond acceptors (Lipinski definition) is 5. The van der Waals surface area contributed by atoms with Crippen LogP contribution in [0.15, 0.2) is 47.3 Å². The maximum absolute atomic E-state index is 13.4. The van der Waals surface area contributed by atoms with E-state index in [-0.39, 0.29) is 18.2 Å². The number of carbonyl (C=O) groups excluding carboxylic acids is 2. The topological polar surface area (TPSA) is 88.3 Å². The molecule has 182 valence electrons. The normalized spacial score (nSPS) is 25.1. The molecule has 1 aromatic rings. The summed E-state index contributed by atoms with van der Waals surface area (Å²) >= 11 is 0. The van der Waals surface area contributed by atoms with Crippen LogP contribution in [0, 0.1) is 0 Å². The van der Waals surface area contributed by atoms with Gasteiger partial charge in [0.15, 0.2) is 5.78 Å². The molecule has 6 nitrogen and oxygen atoms in total. The highest BCUT2D eigenvalue weighted by atomic mass is 16.2. The second kappa shape index (κ2) is 11.1. The number of carbonyl (C=O) groups is 2. The van der Waals surface area contributed by atoms with E-state index in [4.69, 9.17) is 5.73 Å². The fraction of sp³-hybridized carbons (Fsp3) is 0.536. The standard InChI is InChI=1S/C28H38N4O2/c1-3-32(22-12-10-21(29)11-13-22)26-18-30-16-25-23(26)9-7-5-4-6-8-20-14-19(2)15-27(33)24(20)17-31-28(25)34/h5,7,14,16,18,21-22H,3-4,6,8-13,15,17,29H2,1-2H3,(H,31,34)/b7-5-. The molecule has 1 fully saturated rings. The van der Waals surface area contributed by atoms with Gasteiger partial charge >= 0.3 is 0 Å². The molecule has 1 aromatic heterocycles. The number of hydrogen-bond donors (Lipinski definition) is 2. The van der Waals surface area contributed by atoms with Crippen molar-refractivity contribution in [1.29, 1.82) is 0 Å². The molecule has 0 radical (unpaired) electrons. The SMILES string of the molecule is CCN(c1cncc2c1C/C=C\CCCC1=C(CNC2=O)C(=O)CC(C)=C1)C1CCC(N)CC1. The van der Waals surface area contributed by atoms with Gasteiger partial charge in [0.2, 0.25) is 0 Å². The summed E-state index contributed by atoms with van der Waals surface area (Å²) in [6.45, 7) is 5.30. The number of Topliss-reactive ketones (excluding diaryl/α,β-unsaturated/α-hetero) is 1. The molecule has 0 unspecified atom stereocenters. The van der Waals surface area contributed by atoms with Gasteiger partial charge in [0.1, 0.15) is 0 Å². The van der Waals surface area contributed by atoms with Gasteiger partial charge in [-0.3, -0.25) is 14.6 Å². The molecule has 34 heavy (non-hydrogen) atoms. The molecule has 1 aliphatic heterocycles. The minimum absolute atomic E-state index is 0.125. The summed E-state index contributed by atoms with van der Waals surface area (Å²) in [5, 5.41) is 3.05. The molecule has 3 aliphatic rings. The first-order valence-corrected chi connectivity index (χ1v) is 12.8. The molecule has 0 atom stereocenters. The highest BCUT2D eigenvalue weighted by Gasteiger charge is 2.27. The lowest BCUT2D eigenvalue weighted by Crippen LogP contribution is -2.41. The average molecular weight is 463 g/mol. The summed E-state index contributed by atoms with van der Waals surface area (Å²) < 4.78 is 0. The molecular formula is C28H38N4O2. The number of nitrogens with one attached hydrogen (secondary N) is 1. The van der Waals surface area contributed by atoms with E-state index in [1.807, 2.05) is 13.1 Å². The number of allylic oxidation sites excluding steroid dienone is 5. The first kappa shape index (κ1) is 24.4.